The van der Waals surface area contributed by atoms with E-state index in [0.29, 0.717) is 11.4 Å². The van der Waals surface area contributed by atoms with E-state index in [0.717, 1.165) is 0 Å². The Kier molecular flexibility index (Phi) is 13.0. The number of carboxylic acid groups (broad SMARTS) is 3. The Morgan fingerprint density at radius 2 is 1.56 bits per heavy atom. The molecule has 0 fully saturated rings. The SMILES string of the molecule is CSCCC(NC(=O)C(Cc1cnc[nH]1)NC(=O)C(N)CCC(=O)O)C(=O)NC(CC(=O)O)C(=O)O. The highest BCUT2D eigenvalue weighted by molar-refractivity contribution is 7.98. The third-order valence-corrected chi connectivity index (χ3v) is 5.50. The number of hydrogen-bond donors (Lipinski definition) is 8. The number of aromatic amines is 1. The van der Waals surface area contributed by atoms with E-state index in [9.17, 15) is 33.9 Å². The molecule has 0 saturated heterocycles. The van der Waals surface area contributed by atoms with Crippen LogP contribution in [0.3, 0.4) is 0 Å². The second kappa shape index (κ2) is 15.4. The van der Waals surface area contributed by atoms with Gasteiger partial charge >= 0.3 is 17.9 Å². The maximum Gasteiger partial charge on any atom is 0.326 e. The fourth-order valence-corrected chi connectivity index (χ4v) is 3.41. The molecule has 200 valence electrons. The Morgan fingerprint density at radius 3 is 2.08 bits per heavy atom. The zero-order chi connectivity index (χ0) is 27.3. The molecule has 9 N–H and O–H groups in total. The van der Waals surface area contributed by atoms with Gasteiger partial charge in [0.1, 0.15) is 18.1 Å². The summed E-state index contributed by atoms with van der Waals surface area (Å²) in [6.07, 6.45) is 3.14. The van der Waals surface area contributed by atoms with Crippen molar-refractivity contribution in [2.45, 2.75) is 56.3 Å². The number of aliphatic carboxylic acids is 3. The van der Waals surface area contributed by atoms with Crippen molar-refractivity contribution in [2.75, 3.05) is 12.0 Å². The summed E-state index contributed by atoms with van der Waals surface area (Å²) in [7, 11) is 0. The number of thioether (sulfide) groups is 1. The van der Waals surface area contributed by atoms with Crippen LogP contribution >= 0.6 is 11.8 Å². The summed E-state index contributed by atoms with van der Waals surface area (Å²) in [5.41, 5.74) is 6.19. The first-order valence-corrected chi connectivity index (χ1v) is 12.1. The van der Waals surface area contributed by atoms with E-state index in [4.69, 9.17) is 15.9 Å². The standard InChI is InChI=1S/C20H30N6O9S/c1-36-5-4-12(18(32)26-14(20(34)35)7-16(29)30)24-19(33)13(6-10-8-22-9-23-10)25-17(31)11(21)2-3-15(27)28/h8-9,11-14H,2-7,21H2,1H3,(H,22,23)(H,24,33)(H,25,31)(H,26,32)(H,27,28)(H,29,30)(H,34,35). The van der Waals surface area contributed by atoms with E-state index in [1.165, 1.54) is 24.3 Å². The zero-order valence-electron chi connectivity index (χ0n) is 19.4. The van der Waals surface area contributed by atoms with Crippen LogP contribution in [-0.2, 0) is 35.2 Å². The predicted octanol–water partition coefficient (Wildman–Crippen LogP) is -2.09. The van der Waals surface area contributed by atoms with Crippen molar-refractivity contribution in [3.05, 3.63) is 18.2 Å². The van der Waals surface area contributed by atoms with Crippen LogP contribution in [0.4, 0.5) is 0 Å². The fourth-order valence-electron chi connectivity index (χ4n) is 2.94. The van der Waals surface area contributed by atoms with Gasteiger partial charge in [0.15, 0.2) is 0 Å². The molecule has 0 saturated carbocycles. The normalized spacial score (nSPS) is 14.1. The Morgan fingerprint density at radius 1 is 0.944 bits per heavy atom. The van der Waals surface area contributed by atoms with E-state index in [1.54, 1.807) is 6.26 Å². The number of imidazole rings is 1. The third-order valence-electron chi connectivity index (χ3n) is 4.85. The third kappa shape index (κ3) is 11.2. The van der Waals surface area contributed by atoms with Crippen molar-refractivity contribution in [1.29, 1.82) is 0 Å². The van der Waals surface area contributed by atoms with Gasteiger partial charge in [-0.1, -0.05) is 0 Å². The van der Waals surface area contributed by atoms with Crippen LogP contribution in [0, 0.1) is 0 Å². The van der Waals surface area contributed by atoms with E-state index < -0.39 is 66.2 Å². The number of nitrogens with one attached hydrogen (secondary N) is 4. The molecule has 3 amide bonds. The Labute approximate surface area is 210 Å². The summed E-state index contributed by atoms with van der Waals surface area (Å²) in [6.45, 7) is 0. The first-order valence-electron chi connectivity index (χ1n) is 10.7. The van der Waals surface area contributed by atoms with Gasteiger partial charge in [-0.2, -0.15) is 11.8 Å². The highest BCUT2D eigenvalue weighted by Crippen LogP contribution is 2.06. The summed E-state index contributed by atoms with van der Waals surface area (Å²) >= 11 is 1.36. The van der Waals surface area contributed by atoms with Crippen molar-refractivity contribution >= 4 is 47.4 Å². The monoisotopic (exact) mass is 530 g/mol. The van der Waals surface area contributed by atoms with E-state index >= 15 is 0 Å². The minimum atomic E-state index is -1.71. The lowest BCUT2D eigenvalue weighted by Crippen LogP contribution is -2.57. The molecule has 0 radical (unpaired) electrons. The maximum atomic E-state index is 13.1. The molecule has 15 nitrogen and oxygen atoms in total. The summed E-state index contributed by atoms with van der Waals surface area (Å²) in [6, 6.07) is -5.40. The van der Waals surface area contributed by atoms with Gasteiger partial charge in [0.25, 0.3) is 0 Å². The van der Waals surface area contributed by atoms with Crippen LogP contribution in [0.5, 0.6) is 0 Å². The van der Waals surface area contributed by atoms with Gasteiger partial charge < -0.3 is 42.0 Å². The second-order valence-electron chi connectivity index (χ2n) is 7.72. The zero-order valence-corrected chi connectivity index (χ0v) is 20.2. The average molecular weight is 531 g/mol. The lowest BCUT2D eigenvalue weighted by Gasteiger charge is -2.24. The van der Waals surface area contributed by atoms with Gasteiger partial charge in [-0.05, 0) is 24.9 Å². The van der Waals surface area contributed by atoms with Crippen LogP contribution in [0.1, 0.15) is 31.4 Å². The van der Waals surface area contributed by atoms with Crippen molar-refractivity contribution in [1.82, 2.24) is 25.9 Å². The van der Waals surface area contributed by atoms with Gasteiger partial charge in [-0.25, -0.2) is 9.78 Å². The summed E-state index contributed by atoms with van der Waals surface area (Å²) in [4.78, 5) is 77.9. The summed E-state index contributed by atoms with van der Waals surface area (Å²) < 4.78 is 0. The van der Waals surface area contributed by atoms with E-state index in [-0.39, 0.29) is 25.7 Å². The van der Waals surface area contributed by atoms with Gasteiger partial charge in [0, 0.05) is 24.7 Å². The Balaban J connectivity index is 3.02. The number of aromatic nitrogens is 2. The minimum absolute atomic E-state index is 0.0726. The average Bonchev–Trinajstić information content (AvgIpc) is 3.31. The van der Waals surface area contributed by atoms with Gasteiger partial charge in [0.2, 0.25) is 17.7 Å². The Hall–Kier alpha value is -3.66. The number of H-pyrrole nitrogens is 1. The smallest absolute Gasteiger partial charge is 0.326 e. The van der Waals surface area contributed by atoms with Crippen molar-refractivity contribution < 1.29 is 44.1 Å². The summed E-state index contributed by atoms with van der Waals surface area (Å²) in [5, 5.41) is 33.9. The first-order chi connectivity index (χ1) is 16.9. The number of nitrogens with zero attached hydrogens (tertiary/aromatic N) is 1. The number of amides is 3. The molecule has 36 heavy (non-hydrogen) atoms. The Bertz CT molecular complexity index is 927. The van der Waals surface area contributed by atoms with Gasteiger partial charge in [0.05, 0.1) is 18.8 Å². The van der Waals surface area contributed by atoms with Crippen molar-refractivity contribution in [3.8, 4) is 0 Å². The molecule has 1 aromatic rings. The van der Waals surface area contributed by atoms with E-state index in [2.05, 4.69) is 25.9 Å². The van der Waals surface area contributed by atoms with Crippen molar-refractivity contribution in [3.63, 3.8) is 0 Å². The van der Waals surface area contributed by atoms with Gasteiger partial charge in [-0.15, -0.1) is 0 Å². The molecule has 0 bridgehead atoms. The van der Waals surface area contributed by atoms with Crippen molar-refractivity contribution in [2.24, 2.45) is 5.73 Å². The number of hydrogen-bond acceptors (Lipinski definition) is 9. The highest BCUT2D eigenvalue weighted by Gasteiger charge is 2.31. The minimum Gasteiger partial charge on any atom is -0.481 e. The number of carboxylic acids is 3. The molecule has 16 heteroatoms. The van der Waals surface area contributed by atoms with Crippen LogP contribution < -0.4 is 21.7 Å². The molecule has 4 atom stereocenters. The number of carbonyl (C=O) groups excluding carboxylic acids is 3. The number of rotatable bonds is 17. The van der Waals surface area contributed by atoms with Crippen LogP contribution in [-0.4, -0.2) is 97.1 Å². The molecule has 0 aliphatic carbocycles. The molecular formula is C20H30N6O9S. The lowest BCUT2D eigenvalue weighted by molar-refractivity contribution is -0.147. The van der Waals surface area contributed by atoms with E-state index in [1.807, 2.05) is 0 Å². The fraction of sp³-hybridized carbons (Fsp3) is 0.550. The maximum absolute atomic E-state index is 13.1. The molecule has 4 unspecified atom stereocenters. The number of carbonyl (C=O) groups is 6. The molecule has 0 aliphatic heterocycles. The molecule has 0 spiro atoms. The summed E-state index contributed by atoms with van der Waals surface area (Å²) in [5.74, 6) is -6.23. The molecule has 1 aromatic heterocycles. The van der Waals surface area contributed by atoms with Gasteiger partial charge in [-0.3, -0.25) is 24.0 Å². The molecule has 1 rings (SSSR count). The number of nitrogens with two attached hydrogens (primary N) is 1. The molecular weight excluding hydrogens is 500 g/mol. The highest BCUT2D eigenvalue weighted by atomic mass is 32.2. The van der Waals surface area contributed by atoms with Crippen LogP contribution in [0.25, 0.3) is 0 Å². The largest absolute Gasteiger partial charge is 0.481 e. The molecule has 0 aliphatic rings. The predicted molar refractivity (Wildman–Crippen MR) is 126 cm³/mol. The first kappa shape index (κ1) is 30.4. The molecule has 1 heterocycles. The second-order valence-corrected chi connectivity index (χ2v) is 8.71. The van der Waals surface area contributed by atoms with Crippen LogP contribution in [0.2, 0.25) is 0 Å². The molecule has 0 aromatic carbocycles. The lowest BCUT2D eigenvalue weighted by atomic mass is 10.1. The quantitative estimate of drug-likeness (QED) is 0.108. The topological polar surface area (TPSA) is 254 Å². The van der Waals surface area contributed by atoms with Crippen LogP contribution in [0.15, 0.2) is 12.5 Å².